The number of Topliss-reactive ketones (excluding diaryl/α,β-unsaturated/α-hetero) is 1. The number of nitriles is 1. The molecular formula is C26H28ClN5OS2. The first-order valence-electron chi connectivity index (χ1n) is 12.0. The van der Waals surface area contributed by atoms with Crippen molar-refractivity contribution < 1.29 is 4.79 Å². The molecule has 0 spiro atoms. The average molecular weight is 526 g/mol. The van der Waals surface area contributed by atoms with Gasteiger partial charge in [-0.3, -0.25) is 9.69 Å². The summed E-state index contributed by atoms with van der Waals surface area (Å²) in [6, 6.07) is 9.66. The molecule has 0 radical (unpaired) electrons. The number of carbonyl (C=O) groups excluding carboxylic acids is 1. The highest BCUT2D eigenvalue weighted by Crippen LogP contribution is 2.51. The quantitative estimate of drug-likeness (QED) is 0.483. The van der Waals surface area contributed by atoms with E-state index in [4.69, 9.17) is 17.3 Å². The molecule has 9 heteroatoms. The Morgan fingerprint density at radius 3 is 2.66 bits per heavy atom. The van der Waals surface area contributed by atoms with E-state index in [1.807, 2.05) is 23.1 Å². The third kappa shape index (κ3) is 4.62. The molecule has 1 aliphatic heterocycles. The van der Waals surface area contributed by atoms with Crippen LogP contribution in [0.25, 0.3) is 0 Å². The molecule has 5 rings (SSSR count). The summed E-state index contributed by atoms with van der Waals surface area (Å²) in [5, 5.41) is 20.8. The van der Waals surface area contributed by atoms with Crippen molar-refractivity contribution >= 4 is 45.6 Å². The topological polar surface area (TPSA) is 95.9 Å². The molecule has 3 aliphatic rings. The van der Waals surface area contributed by atoms with Gasteiger partial charge in [0.05, 0.1) is 17.6 Å². The minimum Gasteiger partial charge on any atom is -0.384 e. The van der Waals surface area contributed by atoms with Crippen molar-refractivity contribution in [2.24, 2.45) is 11.1 Å². The zero-order chi connectivity index (χ0) is 24.7. The number of rotatable bonds is 4. The largest absolute Gasteiger partial charge is 0.384 e. The van der Waals surface area contributed by atoms with Gasteiger partial charge in [0.2, 0.25) is 5.13 Å². The van der Waals surface area contributed by atoms with E-state index >= 15 is 0 Å². The van der Waals surface area contributed by atoms with E-state index in [0.29, 0.717) is 45.2 Å². The Balaban J connectivity index is 1.62. The average Bonchev–Trinajstić information content (AvgIpc) is 3.26. The fourth-order valence-electron chi connectivity index (χ4n) is 5.41. The second-order valence-corrected chi connectivity index (χ2v) is 13.1. The van der Waals surface area contributed by atoms with Crippen LogP contribution in [-0.4, -0.2) is 21.2 Å². The third-order valence-electron chi connectivity index (χ3n) is 7.00. The van der Waals surface area contributed by atoms with Gasteiger partial charge in [-0.25, -0.2) is 0 Å². The Bertz CT molecular complexity index is 1270. The van der Waals surface area contributed by atoms with Crippen LogP contribution in [0.3, 0.4) is 0 Å². The minimum atomic E-state index is -0.590. The molecule has 2 aromatic rings. The second kappa shape index (κ2) is 9.61. The molecule has 0 bridgehead atoms. The molecule has 2 N–H and O–H groups in total. The predicted octanol–water partition coefficient (Wildman–Crippen LogP) is 6.56. The van der Waals surface area contributed by atoms with Crippen LogP contribution in [0.1, 0.15) is 70.3 Å². The molecule has 0 amide bonds. The van der Waals surface area contributed by atoms with Crippen LogP contribution in [0, 0.1) is 16.7 Å². The van der Waals surface area contributed by atoms with Crippen LogP contribution in [-0.2, 0) is 4.79 Å². The normalized spacial score (nSPS) is 22.9. The van der Waals surface area contributed by atoms with Crippen molar-refractivity contribution in [2.75, 3.05) is 4.90 Å². The number of anilines is 1. The Hall–Kier alpha value is -2.34. The lowest BCUT2D eigenvalue weighted by molar-refractivity contribution is -0.118. The van der Waals surface area contributed by atoms with E-state index in [0.717, 1.165) is 15.6 Å². The lowest BCUT2D eigenvalue weighted by Gasteiger charge is -2.42. The van der Waals surface area contributed by atoms with Crippen molar-refractivity contribution in [1.82, 2.24) is 10.2 Å². The molecule has 182 valence electrons. The van der Waals surface area contributed by atoms with Crippen LogP contribution in [0.2, 0.25) is 5.02 Å². The summed E-state index contributed by atoms with van der Waals surface area (Å²) in [5.74, 6) is -0.271. The first kappa shape index (κ1) is 24.4. The molecule has 1 atom stereocenters. The zero-order valence-corrected chi connectivity index (χ0v) is 22.3. The van der Waals surface area contributed by atoms with E-state index in [-0.39, 0.29) is 11.2 Å². The first-order valence-corrected chi connectivity index (χ1v) is 14.1. The van der Waals surface area contributed by atoms with Gasteiger partial charge in [-0.1, -0.05) is 86.0 Å². The number of allylic oxidation sites excluding steroid dienone is 3. The summed E-state index contributed by atoms with van der Waals surface area (Å²) >= 11 is 9.83. The van der Waals surface area contributed by atoms with Crippen molar-refractivity contribution in [3.63, 3.8) is 0 Å². The molecule has 35 heavy (non-hydrogen) atoms. The number of benzene rings is 1. The SMILES string of the molecule is CC1(C)CC(=O)C2=C(C1)N(c1nnc(SC3CCCCC3)s1)C(N)=C(C#N)C2c1ccccc1Cl. The standard InChI is InChI=1S/C26H28ClN5OS2/c1-26(2)12-19-22(20(33)13-26)21(16-10-6-7-11-18(16)27)17(14-28)23(29)32(19)24-30-31-25(35-24)34-15-8-4-3-5-9-15/h6-7,10-11,15,21H,3-5,8-9,12-13,29H2,1-2H3. The Morgan fingerprint density at radius 2 is 1.94 bits per heavy atom. The fourth-order valence-corrected chi connectivity index (χ4v) is 8.04. The summed E-state index contributed by atoms with van der Waals surface area (Å²) in [4.78, 5) is 15.4. The number of nitrogens with two attached hydrogens (primary N) is 1. The lowest BCUT2D eigenvalue weighted by Crippen LogP contribution is -2.42. The maximum Gasteiger partial charge on any atom is 0.219 e. The van der Waals surface area contributed by atoms with Gasteiger partial charge >= 0.3 is 0 Å². The highest BCUT2D eigenvalue weighted by molar-refractivity contribution is 8.01. The number of carbonyl (C=O) groups is 1. The minimum absolute atomic E-state index is 0.0211. The van der Waals surface area contributed by atoms with Gasteiger partial charge in [-0.05, 0) is 36.3 Å². The lowest BCUT2D eigenvalue weighted by atomic mass is 9.68. The Labute approximate surface area is 219 Å². The molecule has 6 nitrogen and oxygen atoms in total. The summed E-state index contributed by atoms with van der Waals surface area (Å²) in [7, 11) is 0. The van der Waals surface area contributed by atoms with Gasteiger partial charge in [-0.2, -0.15) is 5.26 Å². The molecule has 2 aliphatic carbocycles. The smallest absolute Gasteiger partial charge is 0.219 e. The molecule has 1 unspecified atom stereocenters. The van der Waals surface area contributed by atoms with Crippen LogP contribution in [0.4, 0.5) is 5.13 Å². The fraction of sp³-hybridized carbons (Fsp3) is 0.462. The number of hydrogen-bond acceptors (Lipinski definition) is 8. The maximum absolute atomic E-state index is 13.6. The first-order chi connectivity index (χ1) is 16.8. The van der Waals surface area contributed by atoms with Crippen LogP contribution in [0.5, 0.6) is 0 Å². The molecule has 0 saturated heterocycles. The molecule has 1 aromatic heterocycles. The number of halogens is 1. The molecule has 1 saturated carbocycles. The van der Waals surface area contributed by atoms with Crippen molar-refractivity contribution in [3.8, 4) is 6.07 Å². The molecular weight excluding hydrogens is 498 g/mol. The molecule has 2 heterocycles. The van der Waals surface area contributed by atoms with Crippen molar-refractivity contribution in [3.05, 3.63) is 57.5 Å². The molecule has 1 aromatic carbocycles. The summed E-state index contributed by atoms with van der Waals surface area (Å²) < 4.78 is 0.898. The van der Waals surface area contributed by atoms with E-state index < -0.39 is 5.92 Å². The highest BCUT2D eigenvalue weighted by Gasteiger charge is 2.45. The van der Waals surface area contributed by atoms with Gasteiger partial charge in [0.15, 0.2) is 10.1 Å². The summed E-state index contributed by atoms with van der Waals surface area (Å²) in [6.07, 6.45) is 7.25. The van der Waals surface area contributed by atoms with E-state index in [1.54, 1.807) is 17.8 Å². The van der Waals surface area contributed by atoms with Crippen LogP contribution >= 0.6 is 34.7 Å². The van der Waals surface area contributed by atoms with Gasteiger partial charge in [0.25, 0.3) is 0 Å². The summed E-state index contributed by atoms with van der Waals surface area (Å²) in [5.41, 5.74) is 8.91. The van der Waals surface area contributed by atoms with E-state index in [1.165, 1.54) is 43.4 Å². The van der Waals surface area contributed by atoms with Gasteiger partial charge in [0.1, 0.15) is 5.82 Å². The van der Waals surface area contributed by atoms with E-state index in [2.05, 4.69) is 30.1 Å². The number of aromatic nitrogens is 2. The van der Waals surface area contributed by atoms with E-state index in [9.17, 15) is 10.1 Å². The second-order valence-electron chi connectivity index (χ2n) is 10.2. The summed E-state index contributed by atoms with van der Waals surface area (Å²) in [6.45, 7) is 4.17. The van der Waals surface area contributed by atoms with Crippen LogP contribution < -0.4 is 10.6 Å². The Morgan fingerprint density at radius 1 is 1.20 bits per heavy atom. The van der Waals surface area contributed by atoms with Gasteiger partial charge < -0.3 is 5.73 Å². The van der Waals surface area contributed by atoms with Gasteiger partial charge in [-0.15, -0.1) is 10.2 Å². The van der Waals surface area contributed by atoms with Gasteiger partial charge in [0, 0.05) is 28.0 Å². The number of ketones is 1. The van der Waals surface area contributed by atoms with Crippen molar-refractivity contribution in [1.29, 1.82) is 5.26 Å². The maximum atomic E-state index is 13.6. The number of thioether (sulfide) groups is 1. The monoisotopic (exact) mass is 525 g/mol. The highest BCUT2D eigenvalue weighted by atomic mass is 35.5. The van der Waals surface area contributed by atoms with Crippen LogP contribution in [0.15, 0.2) is 51.3 Å². The zero-order valence-electron chi connectivity index (χ0n) is 19.9. The molecule has 1 fully saturated rings. The third-order valence-corrected chi connectivity index (χ3v) is 9.68. The predicted molar refractivity (Wildman–Crippen MR) is 141 cm³/mol. The van der Waals surface area contributed by atoms with Crippen molar-refractivity contribution in [2.45, 2.75) is 74.3 Å². The Kier molecular flexibility index (Phi) is 6.69. The number of nitrogens with zero attached hydrogens (tertiary/aromatic N) is 4. The number of hydrogen-bond donors (Lipinski definition) is 1.